The molecule has 1 aliphatic heterocycles. The first kappa shape index (κ1) is 11.1. The first-order valence-corrected chi connectivity index (χ1v) is 6.37. The normalized spacial score (nSPS) is 22.9. The molecule has 1 aliphatic rings. The molecule has 0 saturated carbocycles. The zero-order valence-electron chi connectivity index (χ0n) is 8.74. The number of halogens is 1. The molecule has 0 radical (unpaired) electrons. The Balaban J connectivity index is 1.92. The van der Waals surface area contributed by atoms with Crippen molar-refractivity contribution in [2.75, 3.05) is 25.0 Å². The number of hydrogen-bond acceptors (Lipinski definition) is 5. The van der Waals surface area contributed by atoms with Crippen LogP contribution in [0, 0.1) is 0 Å². The van der Waals surface area contributed by atoms with Gasteiger partial charge in [-0.2, -0.15) is 8.75 Å². The molecule has 0 aliphatic carbocycles. The fraction of sp³-hybridized carbons (Fsp3) is 0.778. The van der Waals surface area contributed by atoms with Gasteiger partial charge in [0.2, 0.25) is 0 Å². The van der Waals surface area contributed by atoms with Crippen LogP contribution in [0.4, 0.5) is 5.82 Å². The smallest absolute Gasteiger partial charge is 0.186 e. The molecule has 0 bridgehead atoms. The van der Waals surface area contributed by atoms with Gasteiger partial charge in [0.15, 0.2) is 11.0 Å². The maximum absolute atomic E-state index is 5.89. The van der Waals surface area contributed by atoms with Gasteiger partial charge in [-0.3, -0.25) is 0 Å². The molecule has 1 unspecified atom stereocenters. The van der Waals surface area contributed by atoms with Crippen LogP contribution in [0.1, 0.15) is 19.8 Å². The molecule has 1 saturated heterocycles. The number of likely N-dealkylation sites (tertiary alicyclic amines) is 1. The maximum atomic E-state index is 5.89. The molecule has 84 valence electrons. The summed E-state index contributed by atoms with van der Waals surface area (Å²) in [5.41, 5.74) is 0. The highest BCUT2D eigenvalue weighted by atomic mass is 35.5. The zero-order valence-corrected chi connectivity index (χ0v) is 10.3. The number of aromatic nitrogens is 2. The largest absolute Gasteiger partial charge is 0.363 e. The molecular weight excluding hydrogens is 232 g/mol. The van der Waals surface area contributed by atoms with E-state index in [1.807, 2.05) is 0 Å². The molecule has 1 fully saturated rings. The molecule has 15 heavy (non-hydrogen) atoms. The van der Waals surface area contributed by atoms with E-state index < -0.39 is 0 Å². The van der Waals surface area contributed by atoms with Crippen molar-refractivity contribution < 1.29 is 0 Å². The fourth-order valence-corrected chi connectivity index (χ4v) is 2.58. The van der Waals surface area contributed by atoms with Crippen LogP contribution in [0.15, 0.2) is 0 Å². The quantitative estimate of drug-likeness (QED) is 0.887. The van der Waals surface area contributed by atoms with E-state index in [4.69, 9.17) is 11.6 Å². The number of rotatable bonds is 3. The van der Waals surface area contributed by atoms with Crippen molar-refractivity contribution in [2.24, 2.45) is 0 Å². The van der Waals surface area contributed by atoms with E-state index in [1.54, 1.807) is 0 Å². The second-order valence-electron chi connectivity index (χ2n) is 3.78. The predicted octanol–water partition coefficient (Wildman–Crippen LogP) is 2.09. The van der Waals surface area contributed by atoms with Gasteiger partial charge in [0.05, 0.1) is 11.7 Å². The standard InChI is InChI=1S/C9H15ClN4S/c1-2-14-5-3-4-7(6-14)11-9-8(10)12-15-13-9/h7H,2-6H2,1H3,(H,11,13). The molecular formula is C9H15ClN4S. The van der Waals surface area contributed by atoms with Gasteiger partial charge >= 0.3 is 0 Å². The number of nitrogens with zero attached hydrogens (tertiary/aromatic N) is 3. The van der Waals surface area contributed by atoms with Crippen LogP contribution in [-0.2, 0) is 0 Å². The summed E-state index contributed by atoms with van der Waals surface area (Å²) >= 11 is 7.04. The summed E-state index contributed by atoms with van der Waals surface area (Å²) in [6.45, 7) is 5.59. The molecule has 1 N–H and O–H groups in total. The van der Waals surface area contributed by atoms with Crippen LogP contribution >= 0.6 is 23.3 Å². The average Bonchev–Trinajstić information content (AvgIpc) is 2.65. The fourth-order valence-electron chi connectivity index (χ4n) is 1.92. The lowest BCUT2D eigenvalue weighted by Gasteiger charge is -2.32. The molecule has 1 aromatic heterocycles. The summed E-state index contributed by atoms with van der Waals surface area (Å²) < 4.78 is 8.07. The van der Waals surface area contributed by atoms with E-state index in [0.717, 1.165) is 30.6 Å². The summed E-state index contributed by atoms with van der Waals surface area (Å²) in [5.74, 6) is 0.740. The molecule has 0 spiro atoms. The summed E-state index contributed by atoms with van der Waals surface area (Å²) in [7, 11) is 0. The first-order chi connectivity index (χ1) is 7.29. The molecule has 2 heterocycles. The molecule has 1 aromatic rings. The van der Waals surface area contributed by atoms with E-state index in [-0.39, 0.29) is 0 Å². The minimum Gasteiger partial charge on any atom is -0.363 e. The second-order valence-corrected chi connectivity index (χ2v) is 4.67. The lowest BCUT2D eigenvalue weighted by Crippen LogP contribution is -2.41. The van der Waals surface area contributed by atoms with Crippen LogP contribution in [0.3, 0.4) is 0 Å². The van der Waals surface area contributed by atoms with Crippen molar-refractivity contribution in [2.45, 2.75) is 25.8 Å². The van der Waals surface area contributed by atoms with Crippen LogP contribution in [0.2, 0.25) is 5.15 Å². The van der Waals surface area contributed by atoms with Gasteiger partial charge in [0.25, 0.3) is 0 Å². The Hall–Kier alpha value is -0.390. The maximum Gasteiger partial charge on any atom is 0.186 e. The SMILES string of the molecule is CCN1CCCC(Nc2nsnc2Cl)C1. The predicted molar refractivity (Wildman–Crippen MR) is 63.7 cm³/mol. The van der Waals surface area contributed by atoms with E-state index in [1.165, 1.54) is 19.4 Å². The third kappa shape index (κ3) is 2.80. The Morgan fingerprint density at radius 2 is 2.47 bits per heavy atom. The van der Waals surface area contributed by atoms with Crippen molar-refractivity contribution in [3.8, 4) is 0 Å². The number of nitrogens with one attached hydrogen (secondary N) is 1. The Labute approximate surface area is 99.0 Å². The third-order valence-electron chi connectivity index (χ3n) is 2.74. The van der Waals surface area contributed by atoms with E-state index in [9.17, 15) is 0 Å². The highest BCUT2D eigenvalue weighted by Crippen LogP contribution is 2.21. The number of likely N-dealkylation sites (N-methyl/N-ethyl adjacent to an activating group) is 1. The monoisotopic (exact) mass is 246 g/mol. The minimum atomic E-state index is 0.458. The number of piperidine rings is 1. The van der Waals surface area contributed by atoms with Gasteiger partial charge in [-0.25, -0.2) is 0 Å². The summed E-state index contributed by atoms with van der Waals surface area (Å²) in [5, 5.41) is 3.85. The van der Waals surface area contributed by atoms with Crippen molar-refractivity contribution in [3.63, 3.8) is 0 Å². The average molecular weight is 247 g/mol. The van der Waals surface area contributed by atoms with E-state index in [0.29, 0.717) is 11.2 Å². The van der Waals surface area contributed by atoms with Crippen molar-refractivity contribution in [1.29, 1.82) is 0 Å². The lowest BCUT2D eigenvalue weighted by atomic mass is 10.1. The molecule has 1 atom stereocenters. The van der Waals surface area contributed by atoms with Crippen molar-refractivity contribution >= 4 is 29.1 Å². The third-order valence-corrected chi connectivity index (χ3v) is 3.63. The molecule has 4 nitrogen and oxygen atoms in total. The molecule has 0 aromatic carbocycles. The van der Waals surface area contributed by atoms with Gasteiger partial charge in [-0.15, -0.1) is 0 Å². The molecule has 6 heteroatoms. The van der Waals surface area contributed by atoms with Gasteiger partial charge in [0, 0.05) is 12.6 Å². The Bertz CT molecular complexity index is 317. The van der Waals surface area contributed by atoms with Crippen LogP contribution < -0.4 is 5.32 Å². The van der Waals surface area contributed by atoms with E-state index >= 15 is 0 Å². The van der Waals surface area contributed by atoms with Gasteiger partial charge in [0.1, 0.15) is 0 Å². The summed E-state index contributed by atoms with van der Waals surface area (Å²) in [4.78, 5) is 2.44. The minimum absolute atomic E-state index is 0.458. The molecule has 0 amide bonds. The lowest BCUT2D eigenvalue weighted by molar-refractivity contribution is 0.226. The highest BCUT2D eigenvalue weighted by molar-refractivity contribution is 6.99. The van der Waals surface area contributed by atoms with Crippen LogP contribution in [0.25, 0.3) is 0 Å². The Kier molecular flexibility index (Phi) is 3.77. The topological polar surface area (TPSA) is 41.0 Å². The van der Waals surface area contributed by atoms with Gasteiger partial charge in [-0.05, 0) is 25.9 Å². The second kappa shape index (κ2) is 5.09. The van der Waals surface area contributed by atoms with E-state index in [2.05, 4.69) is 25.9 Å². The summed E-state index contributed by atoms with van der Waals surface area (Å²) in [6, 6.07) is 0.458. The highest BCUT2D eigenvalue weighted by Gasteiger charge is 2.20. The van der Waals surface area contributed by atoms with Crippen molar-refractivity contribution in [1.82, 2.24) is 13.6 Å². The zero-order chi connectivity index (χ0) is 10.7. The number of hydrogen-bond donors (Lipinski definition) is 1. The molecule has 2 rings (SSSR count). The Morgan fingerprint density at radius 3 is 3.13 bits per heavy atom. The van der Waals surface area contributed by atoms with Crippen molar-refractivity contribution in [3.05, 3.63) is 5.15 Å². The van der Waals surface area contributed by atoms with Crippen LogP contribution in [-0.4, -0.2) is 39.3 Å². The summed E-state index contributed by atoms with van der Waals surface area (Å²) in [6.07, 6.45) is 2.42. The van der Waals surface area contributed by atoms with Gasteiger partial charge < -0.3 is 10.2 Å². The Morgan fingerprint density at radius 1 is 1.60 bits per heavy atom. The van der Waals surface area contributed by atoms with Crippen LogP contribution in [0.5, 0.6) is 0 Å². The number of anilines is 1. The first-order valence-electron chi connectivity index (χ1n) is 5.26. The van der Waals surface area contributed by atoms with Gasteiger partial charge in [-0.1, -0.05) is 18.5 Å².